The van der Waals surface area contributed by atoms with E-state index >= 15 is 0 Å². The first-order valence-electron chi connectivity index (χ1n) is 9.40. The number of hydrogen-bond acceptors (Lipinski definition) is 4. The number of hydrogen-bond donors (Lipinski definition) is 0. The van der Waals surface area contributed by atoms with E-state index in [1.54, 1.807) is 0 Å². The Balaban J connectivity index is 2.15. The standard InChI is InChI=1S/C22H30O4/c1-15-7-5-9-19(14-25-18(4)23)10-6-8-16(2)13-21-20(12-11-15)17(3)22(24)26-21/h7,10,13,20-21H,3,5-6,8-9,11-12,14H2,1-2,4H3/b15-7-,16-13-,19-10+/t20-,21-/m0/s1. The van der Waals surface area contributed by atoms with E-state index < -0.39 is 0 Å². The van der Waals surface area contributed by atoms with E-state index in [9.17, 15) is 9.59 Å². The Morgan fingerprint density at radius 3 is 2.65 bits per heavy atom. The van der Waals surface area contributed by atoms with Crippen molar-refractivity contribution in [1.29, 1.82) is 0 Å². The first kappa shape index (κ1) is 20.2. The van der Waals surface area contributed by atoms with Gasteiger partial charge in [0.25, 0.3) is 0 Å². The highest BCUT2D eigenvalue weighted by atomic mass is 16.6. The molecule has 0 aromatic heterocycles. The van der Waals surface area contributed by atoms with Crippen LogP contribution in [0.4, 0.5) is 0 Å². The highest BCUT2D eigenvalue weighted by Gasteiger charge is 2.36. The Morgan fingerprint density at radius 2 is 1.92 bits per heavy atom. The predicted octanol–water partition coefficient (Wildman–Crippen LogP) is 4.82. The lowest BCUT2D eigenvalue weighted by molar-refractivity contribution is -0.140. The molecule has 142 valence electrons. The smallest absolute Gasteiger partial charge is 0.334 e. The number of fused-ring (bicyclic) bond motifs is 1. The second kappa shape index (κ2) is 9.56. The Bertz CT molecular complexity index is 651. The van der Waals surface area contributed by atoms with E-state index in [4.69, 9.17) is 9.47 Å². The summed E-state index contributed by atoms with van der Waals surface area (Å²) in [4.78, 5) is 23.0. The fraction of sp³-hybridized carbons (Fsp3) is 0.545. The van der Waals surface area contributed by atoms with Crippen LogP contribution in [0.15, 0.2) is 47.1 Å². The molecule has 0 saturated carbocycles. The van der Waals surface area contributed by atoms with Crippen molar-refractivity contribution in [3.8, 4) is 0 Å². The van der Waals surface area contributed by atoms with Crippen molar-refractivity contribution in [2.75, 3.05) is 6.61 Å². The van der Waals surface area contributed by atoms with Crippen LogP contribution in [0, 0.1) is 5.92 Å². The van der Waals surface area contributed by atoms with Crippen LogP contribution in [0.3, 0.4) is 0 Å². The van der Waals surface area contributed by atoms with E-state index in [0.717, 1.165) is 44.1 Å². The van der Waals surface area contributed by atoms with Gasteiger partial charge in [-0.3, -0.25) is 4.79 Å². The zero-order valence-corrected chi connectivity index (χ0v) is 16.2. The topological polar surface area (TPSA) is 52.6 Å². The molecule has 0 bridgehead atoms. The molecular weight excluding hydrogens is 328 g/mol. The summed E-state index contributed by atoms with van der Waals surface area (Å²) in [6.07, 6.45) is 11.7. The molecule has 0 radical (unpaired) electrons. The van der Waals surface area contributed by atoms with Gasteiger partial charge in [-0.15, -0.1) is 0 Å². The highest BCUT2D eigenvalue weighted by Crippen LogP contribution is 2.33. The van der Waals surface area contributed by atoms with Gasteiger partial charge in [-0.25, -0.2) is 4.79 Å². The Hall–Kier alpha value is -2.10. The quantitative estimate of drug-likeness (QED) is 0.403. The zero-order chi connectivity index (χ0) is 19.1. The average molecular weight is 358 g/mol. The molecular formula is C22H30O4. The minimum atomic E-state index is -0.265. The van der Waals surface area contributed by atoms with Gasteiger partial charge in [0.2, 0.25) is 0 Å². The van der Waals surface area contributed by atoms with Crippen molar-refractivity contribution in [3.05, 3.63) is 47.1 Å². The van der Waals surface area contributed by atoms with Gasteiger partial charge in [0, 0.05) is 18.4 Å². The second-order valence-corrected chi connectivity index (χ2v) is 7.32. The van der Waals surface area contributed by atoms with Gasteiger partial charge in [0.1, 0.15) is 12.7 Å². The van der Waals surface area contributed by atoms with Gasteiger partial charge in [-0.1, -0.05) is 29.9 Å². The predicted molar refractivity (Wildman–Crippen MR) is 102 cm³/mol. The lowest BCUT2D eigenvalue weighted by atomic mass is 9.89. The van der Waals surface area contributed by atoms with E-state index in [1.165, 1.54) is 18.1 Å². The van der Waals surface area contributed by atoms with Crippen molar-refractivity contribution < 1.29 is 19.1 Å². The maximum absolute atomic E-state index is 11.9. The molecule has 0 aromatic carbocycles. The lowest BCUT2D eigenvalue weighted by Gasteiger charge is -2.16. The summed E-state index contributed by atoms with van der Waals surface area (Å²) < 4.78 is 10.7. The van der Waals surface area contributed by atoms with E-state index in [0.29, 0.717) is 12.2 Å². The van der Waals surface area contributed by atoms with Crippen LogP contribution >= 0.6 is 0 Å². The number of allylic oxidation sites excluding steroid dienone is 4. The van der Waals surface area contributed by atoms with E-state index in [2.05, 4.69) is 38.7 Å². The summed E-state index contributed by atoms with van der Waals surface area (Å²) in [5, 5.41) is 0. The van der Waals surface area contributed by atoms with Gasteiger partial charge >= 0.3 is 11.9 Å². The summed E-state index contributed by atoms with van der Waals surface area (Å²) in [7, 11) is 0. The van der Waals surface area contributed by atoms with Gasteiger partial charge in [0.15, 0.2) is 0 Å². The molecule has 1 fully saturated rings. The molecule has 4 heteroatoms. The number of esters is 2. The van der Waals surface area contributed by atoms with Crippen LogP contribution < -0.4 is 0 Å². The van der Waals surface area contributed by atoms with Crippen molar-refractivity contribution in [3.63, 3.8) is 0 Å². The average Bonchev–Trinajstić information content (AvgIpc) is 2.83. The molecule has 0 N–H and O–H groups in total. The third-order valence-electron chi connectivity index (χ3n) is 5.04. The molecule has 1 aliphatic heterocycles. The minimum Gasteiger partial charge on any atom is -0.461 e. The fourth-order valence-electron chi connectivity index (χ4n) is 3.40. The van der Waals surface area contributed by atoms with E-state index in [-0.39, 0.29) is 24.0 Å². The van der Waals surface area contributed by atoms with Gasteiger partial charge in [-0.05, 0) is 64.0 Å². The SMILES string of the molecule is C=C1C(=O)O[C@H]2/C=C(/C)CC/C=C(/COC(C)=O)CC/C=C(/C)CC[C@@H]12. The summed E-state index contributed by atoms with van der Waals surface area (Å²) in [6, 6.07) is 0. The van der Waals surface area contributed by atoms with Gasteiger partial charge < -0.3 is 9.47 Å². The molecule has 2 aliphatic rings. The molecule has 1 heterocycles. The summed E-state index contributed by atoms with van der Waals surface area (Å²) in [6.45, 7) is 9.94. The number of ether oxygens (including phenoxy) is 2. The van der Waals surface area contributed by atoms with Crippen LogP contribution in [0.5, 0.6) is 0 Å². The minimum absolute atomic E-state index is 0.0683. The number of rotatable bonds is 2. The van der Waals surface area contributed by atoms with E-state index in [1.807, 2.05) is 0 Å². The van der Waals surface area contributed by atoms with Crippen LogP contribution in [0.2, 0.25) is 0 Å². The lowest BCUT2D eigenvalue weighted by Crippen LogP contribution is -2.15. The monoisotopic (exact) mass is 358 g/mol. The highest BCUT2D eigenvalue weighted by molar-refractivity contribution is 5.91. The molecule has 0 aromatic rings. The summed E-state index contributed by atoms with van der Waals surface area (Å²) >= 11 is 0. The van der Waals surface area contributed by atoms with Crippen molar-refractivity contribution in [2.24, 2.45) is 5.92 Å². The first-order valence-corrected chi connectivity index (χ1v) is 9.40. The van der Waals surface area contributed by atoms with Gasteiger partial charge in [-0.2, -0.15) is 0 Å². The zero-order valence-electron chi connectivity index (χ0n) is 16.2. The Kier molecular flexibility index (Phi) is 7.43. The molecule has 4 nitrogen and oxygen atoms in total. The molecule has 2 atom stereocenters. The molecule has 26 heavy (non-hydrogen) atoms. The fourth-order valence-corrected chi connectivity index (χ4v) is 3.40. The summed E-state index contributed by atoms with van der Waals surface area (Å²) in [5.41, 5.74) is 4.27. The molecule has 2 rings (SSSR count). The van der Waals surface area contributed by atoms with Crippen LogP contribution in [0.1, 0.15) is 59.3 Å². The number of carbonyl (C=O) groups is 2. The normalized spacial score (nSPS) is 31.3. The maximum Gasteiger partial charge on any atom is 0.334 e. The Labute approximate surface area is 156 Å². The third-order valence-corrected chi connectivity index (χ3v) is 5.04. The maximum atomic E-state index is 11.9. The summed E-state index contributed by atoms with van der Waals surface area (Å²) in [5.74, 6) is -0.445. The van der Waals surface area contributed by atoms with Crippen molar-refractivity contribution in [1.82, 2.24) is 0 Å². The first-order chi connectivity index (χ1) is 12.4. The molecule has 0 unspecified atom stereocenters. The van der Waals surface area contributed by atoms with Crippen molar-refractivity contribution >= 4 is 11.9 Å². The Morgan fingerprint density at radius 1 is 1.19 bits per heavy atom. The van der Waals surface area contributed by atoms with Crippen LogP contribution in [-0.2, 0) is 19.1 Å². The molecule has 0 amide bonds. The van der Waals surface area contributed by atoms with Crippen molar-refractivity contribution in [2.45, 2.75) is 65.4 Å². The largest absolute Gasteiger partial charge is 0.461 e. The van der Waals surface area contributed by atoms with Crippen LogP contribution in [-0.4, -0.2) is 24.6 Å². The van der Waals surface area contributed by atoms with Gasteiger partial charge in [0.05, 0.1) is 0 Å². The third kappa shape index (κ3) is 6.01. The molecule has 1 aliphatic carbocycles. The second-order valence-electron chi connectivity index (χ2n) is 7.32. The van der Waals surface area contributed by atoms with Crippen LogP contribution in [0.25, 0.3) is 0 Å². The molecule has 0 spiro atoms. The number of carbonyl (C=O) groups excluding carboxylic acids is 2. The molecule has 1 saturated heterocycles.